The Morgan fingerprint density at radius 3 is 2.22 bits per heavy atom. The van der Waals surface area contributed by atoms with Gasteiger partial charge in [0.25, 0.3) is 0 Å². The van der Waals surface area contributed by atoms with Crippen LogP contribution in [0.3, 0.4) is 0 Å². The number of rotatable bonds is 2. The summed E-state index contributed by atoms with van der Waals surface area (Å²) in [5.74, 6) is 1.04. The lowest BCUT2D eigenvalue weighted by Gasteiger charge is -1.79. The summed E-state index contributed by atoms with van der Waals surface area (Å²) in [6.45, 7) is 4.74. The molecule has 0 aliphatic rings. The minimum Gasteiger partial charge on any atom is -0.481 e. The first-order chi connectivity index (χ1) is 4.18. The number of carboxylic acid groups (broad SMARTS) is 1. The van der Waals surface area contributed by atoms with Gasteiger partial charge in [-0.15, -0.1) is 0 Å². The molecule has 0 amide bonds. The lowest BCUT2D eigenvalue weighted by atomic mass is 10.4. The Labute approximate surface area is 54.5 Å². The van der Waals surface area contributed by atoms with Gasteiger partial charge in [-0.3, -0.25) is 10.2 Å². The van der Waals surface area contributed by atoms with E-state index in [1.54, 1.807) is 5.87 Å². The Bertz CT molecular complexity index is 104. The molecule has 0 aromatic carbocycles. The van der Waals surface area contributed by atoms with E-state index in [1.165, 1.54) is 0 Å². The van der Waals surface area contributed by atoms with E-state index in [0.717, 1.165) is 6.42 Å². The van der Waals surface area contributed by atoms with E-state index in [2.05, 4.69) is 6.58 Å². The molecule has 3 heteroatoms. The second-order valence-corrected chi connectivity index (χ2v) is 1.32. The molecule has 0 atom stereocenters. The van der Waals surface area contributed by atoms with Gasteiger partial charge in [0.2, 0.25) is 0 Å². The zero-order valence-corrected chi connectivity index (χ0v) is 5.48. The standard InChI is InChI=1S/C4H8O2.C2H3N/c1-2-3-4(5)6;1-2-3/h2-3H2,1H3,(H,5,6);3H,1H2. The van der Waals surface area contributed by atoms with Crippen LogP contribution in [0, 0.1) is 5.41 Å². The summed E-state index contributed by atoms with van der Waals surface area (Å²) in [6.07, 6.45) is 1.02. The Balaban J connectivity index is 0. The first kappa shape index (κ1) is 10.8. The highest BCUT2D eigenvalue weighted by atomic mass is 16.4. The van der Waals surface area contributed by atoms with Gasteiger partial charge in [-0.2, -0.15) is 0 Å². The van der Waals surface area contributed by atoms with E-state index in [-0.39, 0.29) is 0 Å². The fraction of sp³-hybridized carbons (Fsp3) is 0.500. The molecule has 3 nitrogen and oxygen atoms in total. The summed E-state index contributed by atoms with van der Waals surface area (Å²) >= 11 is 0. The van der Waals surface area contributed by atoms with Crippen molar-refractivity contribution in [2.45, 2.75) is 19.8 Å². The van der Waals surface area contributed by atoms with Crippen LogP contribution in [0.15, 0.2) is 6.58 Å². The van der Waals surface area contributed by atoms with Gasteiger partial charge < -0.3 is 5.11 Å². The van der Waals surface area contributed by atoms with Crippen molar-refractivity contribution < 1.29 is 9.90 Å². The van der Waals surface area contributed by atoms with Crippen LogP contribution in [0.4, 0.5) is 0 Å². The molecule has 0 bridgehead atoms. The molecule has 0 heterocycles. The van der Waals surface area contributed by atoms with Gasteiger partial charge in [0.1, 0.15) is 0 Å². The van der Waals surface area contributed by atoms with E-state index in [4.69, 9.17) is 10.5 Å². The normalized spacial score (nSPS) is 6.33. The van der Waals surface area contributed by atoms with Crippen molar-refractivity contribution in [2.24, 2.45) is 0 Å². The number of hydrogen-bond acceptors (Lipinski definition) is 2. The largest absolute Gasteiger partial charge is 0.481 e. The number of nitrogens with one attached hydrogen (secondary N) is 1. The molecular weight excluding hydrogens is 118 g/mol. The fourth-order valence-corrected chi connectivity index (χ4v) is 0.214. The highest BCUT2D eigenvalue weighted by Gasteiger charge is 1.87. The Morgan fingerprint density at radius 2 is 2.22 bits per heavy atom. The molecule has 0 aliphatic heterocycles. The monoisotopic (exact) mass is 129 g/mol. The quantitative estimate of drug-likeness (QED) is 0.552. The van der Waals surface area contributed by atoms with Gasteiger partial charge in [0.15, 0.2) is 0 Å². The Morgan fingerprint density at radius 1 is 1.89 bits per heavy atom. The second kappa shape index (κ2) is 10.0. The van der Waals surface area contributed by atoms with E-state index in [9.17, 15) is 4.79 Å². The van der Waals surface area contributed by atoms with E-state index in [1.807, 2.05) is 6.92 Å². The number of hydrogen-bond donors (Lipinski definition) is 2. The third-order valence-corrected chi connectivity index (χ3v) is 0.464. The highest BCUT2D eigenvalue weighted by Crippen LogP contribution is 1.82. The molecule has 0 aromatic rings. The molecule has 0 fully saturated rings. The van der Waals surface area contributed by atoms with Crippen molar-refractivity contribution in [3.8, 4) is 0 Å². The molecule has 0 rings (SSSR count). The van der Waals surface area contributed by atoms with Crippen LogP contribution in [-0.4, -0.2) is 16.9 Å². The molecule has 0 radical (unpaired) electrons. The molecule has 0 aliphatic carbocycles. The van der Waals surface area contributed by atoms with Crippen LogP contribution >= 0.6 is 0 Å². The molecule has 9 heavy (non-hydrogen) atoms. The zero-order chi connectivity index (χ0) is 7.70. The summed E-state index contributed by atoms with van der Waals surface area (Å²) in [5.41, 5.74) is 0. The van der Waals surface area contributed by atoms with Crippen molar-refractivity contribution >= 4 is 11.8 Å². The van der Waals surface area contributed by atoms with Crippen LogP contribution in [0.25, 0.3) is 0 Å². The summed E-state index contributed by atoms with van der Waals surface area (Å²) in [4.78, 5) is 9.60. The third kappa shape index (κ3) is 45.4. The molecule has 0 saturated carbocycles. The van der Waals surface area contributed by atoms with Crippen molar-refractivity contribution in [3.05, 3.63) is 6.58 Å². The summed E-state index contributed by atoms with van der Waals surface area (Å²) in [6, 6.07) is 0. The fourth-order valence-electron chi connectivity index (χ4n) is 0.214. The van der Waals surface area contributed by atoms with Gasteiger partial charge >= 0.3 is 5.97 Å². The first-order valence-electron chi connectivity index (χ1n) is 2.59. The summed E-state index contributed by atoms with van der Waals surface area (Å²) < 4.78 is 0. The van der Waals surface area contributed by atoms with Crippen molar-refractivity contribution in [3.63, 3.8) is 0 Å². The smallest absolute Gasteiger partial charge is 0.303 e. The van der Waals surface area contributed by atoms with E-state index in [0.29, 0.717) is 6.42 Å². The van der Waals surface area contributed by atoms with E-state index >= 15 is 0 Å². The lowest BCUT2D eigenvalue weighted by molar-refractivity contribution is -0.137. The maximum Gasteiger partial charge on any atom is 0.303 e. The predicted molar refractivity (Wildman–Crippen MR) is 35.9 cm³/mol. The molecule has 0 aromatic heterocycles. The molecular formula is C6H11NO2. The minimum atomic E-state index is -0.711. The number of aliphatic carboxylic acids is 1. The average molecular weight is 129 g/mol. The Hall–Kier alpha value is -1.08. The van der Waals surface area contributed by atoms with Gasteiger partial charge in [-0.1, -0.05) is 6.92 Å². The number of carboxylic acids is 1. The van der Waals surface area contributed by atoms with Gasteiger partial charge in [0.05, 0.1) is 0 Å². The maximum atomic E-state index is 9.60. The number of carbonyl (C=O) groups is 1. The maximum absolute atomic E-state index is 9.60. The van der Waals surface area contributed by atoms with Crippen LogP contribution in [-0.2, 0) is 4.79 Å². The van der Waals surface area contributed by atoms with Crippen molar-refractivity contribution in [1.29, 1.82) is 5.41 Å². The van der Waals surface area contributed by atoms with Gasteiger partial charge in [0, 0.05) is 6.42 Å². The minimum absolute atomic E-state index is 0.292. The van der Waals surface area contributed by atoms with Gasteiger partial charge in [-0.05, 0) is 18.9 Å². The topological polar surface area (TPSA) is 61.2 Å². The SMILES string of the molecule is C=C=N.CCCC(=O)O. The second-order valence-electron chi connectivity index (χ2n) is 1.32. The molecule has 0 saturated heterocycles. The van der Waals surface area contributed by atoms with Crippen LogP contribution in [0.2, 0.25) is 0 Å². The van der Waals surface area contributed by atoms with Crippen molar-refractivity contribution in [1.82, 2.24) is 0 Å². The van der Waals surface area contributed by atoms with Gasteiger partial charge in [-0.25, -0.2) is 0 Å². The highest BCUT2D eigenvalue weighted by molar-refractivity contribution is 5.66. The van der Waals surface area contributed by atoms with Crippen LogP contribution in [0.1, 0.15) is 19.8 Å². The van der Waals surface area contributed by atoms with Crippen LogP contribution in [0.5, 0.6) is 0 Å². The lowest BCUT2D eigenvalue weighted by Crippen LogP contribution is -1.90. The Kier molecular flexibility index (Phi) is 12.0. The summed E-state index contributed by atoms with van der Waals surface area (Å²) in [7, 11) is 0. The molecule has 2 N–H and O–H groups in total. The van der Waals surface area contributed by atoms with E-state index < -0.39 is 5.97 Å². The molecule has 0 unspecified atom stereocenters. The third-order valence-electron chi connectivity index (χ3n) is 0.464. The molecule has 0 spiro atoms. The average Bonchev–Trinajstić information content (AvgIpc) is 1.67. The van der Waals surface area contributed by atoms with Crippen molar-refractivity contribution in [2.75, 3.05) is 0 Å². The summed E-state index contributed by atoms with van der Waals surface area (Å²) in [5, 5.41) is 13.8. The first-order valence-corrected chi connectivity index (χ1v) is 2.59. The predicted octanol–water partition coefficient (Wildman–Crippen LogP) is 1.29. The van der Waals surface area contributed by atoms with Crippen LogP contribution < -0.4 is 0 Å². The zero-order valence-electron chi connectivity index (χ0n) is 5.48. The molecule has 52 valence electrons.